The van der Waals surface area contributed by atoms with E-state index in [1.165, 1.54) is 0 Å². The van der Waals surface area contributed by atoms with Crippen molar-refractivity contribution >= 4 is 23.5 Å². The first-order valence-corrected chi connectivity index (χ1v) is 8.04. The van der Waals surface area contributed by atoms with Gasteiger partial charge in [0.25, 0.3) is 5.91 Å². The number of hydrogen-bond acceptors (Lipinski definition) is 3. The lowest BCUT2D eigenvalue weighted by atomic mass is 10.1. The Morgan fingerprint density at radius 3 is 2.54 bits per heavy atom. The average Bonchev–Trinajstić information content (AvgIpc) is 2.55. The highest BCUT2D eigenvalue weighted by molar-refractivity contribution is 6.30. The summed E-state index contributed by atoms with van der Waals surface area (Å²) in [6, 6.07) is 12.3. The van der Waals surface area contributed by atoms with Crippen molar-refractivity contribution in [3.05, 3.63) is 69.7 Å². The molecule has 0 spiro atoms. The Hall–Kier alpha value is -2.33. The lowest BCUT2D eigenvalue weighted by Gasteiger charge is -2.14. The van der Waals surface area contributed by atoms with Crippen molar-refractivity contribution in [2.24, 2.45) is 0 Å². The highest BCUT2D eigenvalue weighted by Gasteiger charge is 2.13. The quantitative estimate of drug-likeness (QED) is 0.833. The Labute approximate surface area is 146 Å². The summed E-state index contributed by atoms with van der Waals surface area (Å²) in [5.41, 5.74) is 3.42. The molecular formula is C19H20ClNO3. The topological polar surface area (TPSA) is 55.4 Å². The van der Waals surface area contributed by atoms with Gasteiger partial charge in [-0.25, -0.2) is 4.79 Å². The Morgan fingerprint density at radius 2 is 1.88 bits per heavy atom. The zero-order valence-corrected chi connectivity index (χ0v) is 14.7. The summed E-state index contributed by atoms with van der Waals surface area (Å²) >= 11 is 5.94. The second-order valence-corrected chi connectivity index (χ2v) is 6.16. The number of ether oxygens (including phenoxy) is 1. The third-order valence-electron chi connectivity index (χ3n) is 3.80. The second kappa shape index (κ2) is 7.97. The van der Waals surface area contributed by atoms with Gasteiger partial charge >= 0.3 is 5.97 Å². The van der Waals surface area contributed by atoms with Crippen LogP contribution in [-0.4, -0.2) is 18.5 Å². The maximum absolute atomic E-state index is 12.0. The van der Waals surface area contributed by atoms with Gasteiger partial charge in [-0.2, -0.15) is 0 Å². The van der Waals surface area contributed by atoms with Crippen LogP contribution in [0.15, 0.2) is 42.5 Å². The number of benzene rings is 2. The van der Waals surface area contributed by atoms with Gasteiger partial charge in [-0.15, -0.1) is 0 Å². The van der Waals surface area contributed by atoms with Crippen LogP contribution < -0.4 is 5.32 Å². The molecule has 2 aromatic rings. The predicted molar refractivity (Wildman–Crippen MR) is 94.2 cm³/mol. The van der Waals surface area contributed by atoms with Gasteiger partial charge in [-0.3, -0.25) is 4.79 Å². The van der Waals surface area contributed by atoms with Gasteiger partial charge in [-0.1, -0.05) is 29.8 Å². The molecule has 0 bridgehead atoms. The van der Waals surface area contributed by atoms with Crippen LogP contribution in [0.3, 0.4) is 0 Å². The fourth-order valence-electron chi connectivity index (χ4n) is 2.23. The smallest absolute Gasteiger partial charge is 0.338 e. The Balaban J connectivity index is 1.88. The molecule has 0 radical (unpaired) electrons. The largest absolute Gasteiger partial charge is 0.452 e. The van der Waals surface area contributed by atoms with E-state index in [1.54, 1.807) is 24.3 Å². The van der Waals surface area contributed by atoms with E-state index in [9.17, 15) is 9.59 Å². The summed E-state index contributed by atoms with van der Waals surface area (Å²) in [7, 11) is 0. The molecule has 2 aromatic carbocycles. The van der Waals surface area contributed by atoms with E-state index in [4.69, 9.17) is 16.3 Å². The van der Waals surface area contributed by atoms with Gasteiger partial charge < -0.3 is 10.1 Å². The van der Waals surface area contributed by atoms with Crippen molar-refractivity contribution in [2.45, 2.75) is 26.8 Å². The van der Waals surface area contributed by atoms with Crippen LogP contribution in [-0.2, 0) is 9.53 Å². The normalized spacial score (nSPS) is 11.7. The Kier molecular flexibility index (Phi) is 5.99. The Bertz CT molecular complexity index is 758. The molecular weight excluding hydrogens is 326 g/mol. The maximum Gasteiger partial charge on any atom is 0.338 e. The molecule has 0 saturated carbocycles. The average molecular weight is 346 g/mol. The van der Waals surface area contributed by atoms with E-state index in [-0.39, 0.29) is 18.6 Å². The summed E-state index contributed by atoms with van der Waals surface area (Å²) < 4.78 is 5.07. The highest BCUT2D eigenvalue weighted by atomic mass is 35.5. The Morgan fingerprint density at radius 1 is 1.12 bits per heavy atom. The summed E-state index contributed by atoms with van der Waals surface area (Å²) in [6.07, 6.45) is 0. The fraction of sp³-hybridized carbons (Fsp3) is 0.263. The van der Waals surface area contributed by atoms with Gasteiger partial charge in [0, 0.05) is 5.02 Å². The molecule has 0 aliphatic heterocycles. The van der Waals surface area contributed by atoms with Crippen LogP contribution >= 0.6 is 11.6 Å². The summed E-state index contributed by atoms with van der Waals surface area (Å²) in [4.78, 5) is 23.9. The molecule has 0 fully saturated rings. The molecule has 0 saturated heterocycles. The van der Waals surface area contributed by atoms with Crippen molar-refractivity contribution in [3.63, 3.8) is 0 Å². The standard InChI is InChI=1S/C19H20ClNO3/c1-12-7-8-16(9-13(12)2)19(23)24-11-18(22)21-14(3)15-5-4-6-17(20)10-15/h4-10,14H,11H2,1-3H3,(H,21,22)/t14-/m1/s1. The number of rotatable bonds is 5. The van der Waals surface area contributed by atoms with Crippen molar-refractivity contribution in [1.82, 2.24) is 5.32 Å². The van der Waals surface area contributed by atoms with E-state index >= 15 is 0 Å². The zero-order chi connectivity index (χ0) is 17.7. The second-order valence-electron chi connectivity index (χ2n) is 5.72. The molecule has 0 unspecified atom stereocenters. The van der Waals surface area contributed by atoms with E-state index in [2.05, 4.69) is 5.32 Å². The van der Waals surface area contributed by atoms with Crippen molar-refractivity contribution < 1.29 is 14.3 Å². The number of hydrogen-bond donors (Lipinski definition) is 1. The molecule has 0 aliphatic rings. The van der Waals surface area contributed by atoms with Crippen molar-refractivity contribution in [2.75, 3.05) is 6.61 Å². The van der Waals surface area contributed by atoms with Crippen LogP contribution in [0, 0.1) is 13.8 Å². The van der Waals surface area contributed by atoms with Crippen molar-refractivity contribution in [1.29, 1.82) is 0 Å². The van der Waals surface area contributed by atoms with Crippen molar-refractivity contribution in [3.8, 4) is 0 Å². The van der Waals surface area contributed by atoms with E-state index in [0.717, 1.165) is 16.7 Å². The summed E-state index contributed by atoms with van der Waals surface area (Å²) in [6.45, 7) is 5.41. The fourth-order valence-corrected chi connectivity index (χ4v) is 2.42. The molecule has 126 valence electrons. The minimum Gasteiger partial charge on any atom is -0.452 e. The van der Waals surface area contributed by atoms with Gasteiger partial charge in [0.2, 0.25) is 0 Å². The number of carbonyl (C=O) groups is 2. The molecule has 24 heavy (non-hydrogen) atoms. The first-order chi connectivity index (χ1) is 11.4. The number of halogens is 1. The first-order valence-electron chi connectivity index (χ1n) is 7.66. The molecule has 1 N–H and O–H groups in total. The first kappa shape index (κ1) is 18.0. The van der Waals surface area contributed by atoms with Crippen LogP contribution in [0.25, 0.3) is 0 Å². The molecule has 0 aromatic heterocycles. The van der Waals surface area contributed by atoms with Gasteiger partial charge in [0.15, 0.2) is 6.61 Å². The summed E-state index contributed by atoms with van der Waals surface area (Å²) in [5.74, 6) is -0.872. The molecule has 4 nitrogen and oxygen atoms in total. The minimum absolute atomic E-state index is 0.225. The minimum atomic E-state index is -0.511. The third-order valence-corrected chi connectivity index (χ3v) is 4.04. The van der Waals surface area contributed by atoms with Gasteiger partial charge in [0.05, 0.1) is 11.6 Å². The number of amides is 1. The zero-order valence-electron chi connectivity index (χ0n) is 13.9. The van der Waals surface area contributed by atoms with Gasteiger partial charge in [0.1, 0.15) is 0 Å². The molecule has 1 amide bonds. The number of aryl methyl sites for hydroxylation is 2. The van der Waals surface area contributed by atoms with Crippen LogP contribution in [0.5, 0.6) is 0 Å². The number of nitrogens with one attached hydrogen (secondary N) is 1. The third kappa shape index (κ3) is 4.83. The SMILES string of the molecule is Cc1ccc(C(=O)OCC(=O)N[C@H](C)c2cccc(Cl)c2)cc1C. The molecule has 5 heteroatoms. The lowest BCUT2D eigenvalue weighted by Crippen LogP contribution is -2.31. The van der Waals surface area contributed by atoms with Gasteiger partial charge in [-0.05, 0) is 61.7 Å². The molecule has 0 aliphatic carbocycles. The van der Waals surface area contributed by atoms with E-state index in [1.807, 2.05) is 39.0 Å². The van der Waals surface area contributed by atoms with E-state index in [0.29, 0.717) is 10.6 Å². The summed E-state index contributed by atoms with van der Waals surface area (Å²) in [5, 5.41) is 3.38. The monoisotopic (exact) mass is 345 g/mol. The van der Waals surface area contributed by atoms with E-state index < -0.39 is 5.97 Å². The lowest BCUT2D eigenvalue weighted by molar-refractivity contribution is -0.124. The highest BCUT2D eigenvalue weighted by Crippen LogP contribution is 2.17. The van der Waals surface area contributed by atoms with Crippen LogP contribution in [0.2, 0.25) is 5.02 Å². The maximum atomic E-state index is 12.0. The van der Waals surface area contributed by atoms with Crippen LogP contribution in [0.1, 0.15) is 40.0 Å². The van der Waals surface area contributed by atoms with Crippen LogP contribution in [0.4, 0.5) is 0 Å². The number of esters is 1. The molecule has 2 rings (SSSR count). The predicted octanol–water partition coefficient (Wildman–Crippen LogP) is 3.99. The molecule has 1 atom stereocenters. The number of carbonyl (C=O) groups excluding carboxylic acids is 2. The molecule has 0 heterocycles.